The normalized spacial score (nSPS) is 15.9. The molecule has 0 saturated heterocycles. The van der Waals surface area contributed by atoms with Gasteiger partial charge < -0.3 is 15.4 Å². The molecular formula is C13H23N5O. The molecular weight excluding hydrogens is 242 g/mol. The maximum Gasteiger partial charge on any atom is 0.323 e. The van der Waals surface area contributed by atoms with E-state index >= 15 is 0 Å². The lowest BCUT2D eigenvalue weighted by atomic mass is 10.3. The zero-order valence-electron chi connectivity index (χ0n) is 12.0. The van der Waals surface area contributed by atoms with Gasteiger partial charge in [-0.1, -0.05) is 13.8 Å². The lowest BCUT2D eigenvalue weighted by molar-refractivity contribution is 0.292. The minimum absolute atomic E-state index is 0.144. The Hall–Kier alpha value is -1.59. The smallest absolute Gasteiger partial charge is 0.323 e. The summed E-state index contributed by atoms with van der Waals surface area (Å²) in [4.78, 5) is 13.0. The van der Waals surface area contributed by atoms with E-state index in [1.165, 1.54) is 0 Å². The minimum Gasteiger partial charge on any atom is -0.463 e. The van der Waals surface area contributed by atoms with Crippen molar-refractivity contribution in [2.45, 2.75) is 52.0 Å². The predicted molar refractivity (Wildman–Crippen MR) is 75.7 cm³/mol. The van der Waals surface area contributed by atoms with Gasteiger partial charge in [0.1, 0.15) is 0 Å². The molecule has 0 bridgehead atoms. The number of nitrogens with zero attached hydrogens (tertiary/aromatic N) is 3. The molecule has 1 aromatic heterocycles. The second-order valence-electron chi connectivity index (χ2n) is 5.23. The number of nitrogens with one attached hydrogen (secondary N) is 2. The summed E-state index contributed by atoms with van der Waals surface area (Å²) in [5, 5.41) is 6.52. The highest BCUT2D eigenvalue weighted by atomic mass is 16.5. The van der Waals surface area contributed by atoms with E-state index in [2.05, 4.69) is 46.4 Å². The molecule has 1 aliphatic rings. The maximum absolute atomic E-state index is 5.51. The molecule has 1 heterocycles. The largest absolute Gasteiger partial charge is 0.463 e. The van der Waals surface area contributed by atoms with Crippen LogP contribution in [0.3, 0.4) is 0 Å². The van der Waals surface area contributed by atoms with Crippen LogP contribution in [0, 0.1) is 0 Å². The van der Waals surface area contributed by atoms with Crippen molar-refractivity contribution >= 4 is 11.9 Å². The summed E-state index contributed by atoms with van der Waals surface area (Å²) in [6.45, 7) is 7.79. The summed E-state index contributed by atoms with van der Waals surface area (Å²) in [6.07, 6.45) is 4.27. The van der Waals surface area contributed by atoms with Crippen LogP contribution in [0.4, 0.5) is 11.9 Å². The van der Waals surface area contributed by atoms with Crippen LogP contribution in [0.15, 0.2) is 0 Å². The average molecular weight is 265 g/mol. The summed E-state index contributed by atoms with van der Waals surface area (Å²) in [5.74, 6) is 1.18. The van der Waals surface area contributed by atoms with Crippen molar-refractivity contribution in [3.63, 3.8) is 0 Å². The molecule has 1 aliphatic carbocycles. The highest BCUT2D eigenvalue weighted by molar-refractivity contribution is 5.39. The second kappa shape index (κ2) is 6.04. The number of aromatic nitrogens is 3. The molecule has 106 valence electrons. The summed E-state index contributed by atoms with van der Waals surface area (Å²) < 4.78 is 5.51. The zero-order chi connectivity index (χ0) is 13.7. The van der Waals surface area contributed by atoms with E-state index in [1.807, 2.05) is 0 Å². The van der Waals surface area contributed by atoms with E-state index in [9.17, 15) is 0 Å². The van der Waals surface area contributed by atoms with Gasteiger partial charge in [-0.05, 0) is 32.6 Å². The molecule has 0 aliphatic heterocycles. The first-order chi connectivity index (χ1) is 9.15. The van der Waals surface area contributed by atoms with E-state index < -0.39 is 0 Å². The van der Waals surface area contributed by atoms with Crippen molar-refractivity contribution in [1.82, 2.24) is 15.0 Å². The topological polar surface area (TPSA) is 72.0 Å². The van der Waals surface area contributed by atoms with Gasteiger partial charge in [0, 0.05) is 12.1 Å². The van der Waals surface area contributed by atoms with Gasteiger partial charge in [-0.15, -0.1) is 0 Å². The Morgan fingerprint density at radius 2 is 1.84 bits per heavy atom. The third kappa shape index (κ3) is 4.22. The summed E-state index contributed by atoms with van der Waals surface area (Å²) in [6, 6.07) is 0.391. The molecule has 0 atom stereocenters. The number of ether oxygens (including phenoxy) is 1. The van der Waals surface area contributed by atoms with Crippen molar-refractivity contribution in [2.75, 3.05) is 23.8 Å². The molecule has 2 N–H and O–H groups in total. The summed E-state index contributed by atoms with van der Waals surface area (Å²) in [5.41, 5.74) is 0.144. The van der Waals surface area contributed by atoms with Crippen LogP contribution in [0.2, 0.25) is 0 Å². The van der Waals surface area contributed by atoms with Gasteiger partial charge >= 0.3 is 6.01 Å². The molecule has 0 amide bonds. The zero-order valence-corrected chi connectivity index (χ0v) is 12.0. The van der Waals surface area contributed by atoms with E-state index in [-0.39, 0.29) is 5.54 Å². The molecule has 0 radical (unpaired) electrons. The third-order valence-corrected chi connectivity index (χ3v) is 3.00. The minimum atomic E-state index is 0.144. The Kier molecular flexibility index (Phi) is 4.39. The van der Waals surface area contributed by atoms with Gasteiger partial charge in [0.2, 0.25) is 11.9 Å². The number of rotatable bonds is 8. The van der Waals surface area contributed by atoms with Crippen molar-refractivity contribution < 1.29 is 4.74 Å². The maximum atomic E-state index is 5.51. The van der Waals surface area contributed by atoms with Crippen LogP contribution in [0.25, 0.3) is 0 Å². The molecule has 1 fully saturated rings. The van der Waals surface area contributed by atoms with Gasteiger partial charge in [-0.25, -0.2) is 0 Å². The Morgan fingerprint density at radius 1 is 1.11 bits per heavy atom. The molecule has 0 unspecified atom stereocenters. The lowest BCUT2D eigenvalue weighted by Crippen LogP contribution is -2.19. The van der Waals surface area contributed by atoms with Crippen molar-refractivity contribution in [3.05, 3.63) is 0 Å². The Labute approximate surface area is 114 Å². The summed E-state index contributed by atoms with van der Waals surface area (Å²) in [7, 11) is 0. The molecule has 2 rings (SSSR count). The Bertz CT molecular complexity index is 393. The first-order valence-corrected chi connectivity index (χ1v) is 7.06. The molecule has 1 aromatic rings. The summed E-state index contributed by atoms with van der Waals surface area (Å²) >= 11 is 0. The van der Waals surface area contributed by atoms with Crippen LogP contribution >= 0.6 is 0 Å². The van der Waals surface area contributed by atoms with Crippen LogP contribution in [0.5, 0.6) is 6.01 Å². The third-order valence-electron chi connectivity index (χ3n) is 3.00. The highest BCUT2D eigenvalue weighted by Crippen LogP contribution is 2.37. The SMILES string of the molecule is CCCNc1nc(NC2(C)CC2)nc(OCCC)n1. The van der Waals surface area contributed by atoms with Gasteiger partial charge in [0.05, 0.1) is 6.61 Å². The van der Waals surface area contributed by atoms with E-state index in [0.29, 0.717) is 24.5 Å². The van der Waals surface area contributed by atoms with Crippen molar-refractivity contribution in [2.24, 2.45) is 0 Å². The first-order valence-electron chi connectivity index (χ1n) is 7.06. The first kappa shape index (κ1) is 13.8. The van der Waals surface area contributed by atoms with Crippen LogP contribution in [-0.2, 0) is 0 Å². The molecule has 0 spiro atoms. The number of anilines is 2. The van der Waals surface area contributed by atoms with E-state index in [0.717, 1.165) is 32.2 Å². The molecule has 6 heteroatoms. The van der Waals surface area contributed by atoms with Gasteiger partial charge in [0.25, 0.3) is 0 Å². The lowest BCUT2D eigenvalue weighted by Gasteiger charge is -2.13. The molecule has 1 saturated carbocycles. The van der Waals surface area contributed by atoms with E-state index in [4.69, 9.17) is 4.74 Å². The predicted octanol–water partition coefficient (Wildman–Crippen LogP) is 2.45. The van der Waals surface area contributed by atoms with Crippen LogP contribution in [-0.4, -0.2) is 33.6 Å². The molecule has 6 nitrogen and oxygen atoms in total. The average Bonchev–Trinajstić information content (AvgIpc) is 3.11. The molecule has 0 aromatic carbocycles. The van der Waals surface area contributed by atoms with E-state index in [1.54, 1.807) is 0 Å². The van der Waals surface area contributed by atoms with Gasteiger partial charge in [-0.3, -0.25) is 0 Å². The fourth-order valence-electron chi connectivity index (χ4n) is 1.57. The van der Waals surface area contributed by atoms with Crippen LogP contribution in [0.1, 0.15) is 46.5 Å². The fourth-order valence-corrected chi connectivity index (χ4v) is 1.57. The quantitative estimate of drug-likeness (QED) is 0.752. The van der Waals surface area contributed by atoms with Crippen molar-refractivity contribution in [1.29, 1.82) is 0 Å². The van der Waals surface area contributed by atoms with Gasteiger partial charge in [0.15, 0.2) is 0 Å². The second-order valence-corrected chi connectivity index (χ2v) is 5.23. The van der Waals surface area contributed by atoms with Gasteiger partial charge in [-0.2, -0.15) is 15.0 Å². The van der Waals surface area contributed by atoms with Crippen molar-refractivity contribution in [3.8, 4) is 6.01 Å². The van der Waals surface area contributed by atoms with Crippen LogP contribution < -0.4 is 15.4 Å². The number of hydrogen-bond acceptors (Lipinski definition) is 6. The monoisotopic (exact) mass is 265 g/mol. The fraction of sp³-hybridized carbons (Fsp3) is 0.769. The Morgan fingerprint density at radius 3 is 2.47 bits per heavy atom. The number of hydrogen-bond donors (Lipinski definition) is 2. The standard InChI is InChI=1S/C13H23N5O/c1-4-8-14-10-15-11(18-13(3)6-7-13)17-12(16-10)19-9-5-2/h4-9H2,1-3H3,(H2,14,15,16,17,18). The Balaban J connectivity index is 2.10. The molecule has 19 heavy (non-hydrogen) atoms. The highest BCUT2D eigenvalue weighted by Gasteiger charge is 2.38.